The zero-order chi connectivity index (χ0) is 30.5. The molecule has 2 amide bonds. The molecule has 2 aromatic carbocycles. The monoisotopic (exact) mass is 605 g/mol. The number of aromatic hydroxyl groups is 1. The van der Waals surface area contributed by atoms with Crippen LogP contribution in [0.25, 0.3) is 0 Å². The number of nitrogens with zero attached hydrogens (tertiary/aromatic N) is 2. The second kappa shape index (κ2) is 11.2. The number of piperidine rings is 1. The maximum absolute atomic E-state index is 13.5. The number of nitrogens with one attached hydrogen (secondary N) is 1. The van der Waals surface area contributed by atoms with Gasteiger partial charge in [-0.05, 0) is 66.9 Å². The number of imide groups is 1. The lowest BCUT2D eigenvalue weighted by Gasteiger charge is -2.40. The summed E-state index contributed by atoms with van der Waals surface area (Å²) < 4.78 is 28.0. The number of carbonyl (C=O) groups is 3. The van der Waals surface area contributed by atoms with Crippen molar-refractivity contribution in [2.24, 2.45) is 11.8 Å². The summed E-state index contributed by atoms with van der Waals surface area (Å²) in [6.07, 6.45) is 4.81. The van der Waals surface area contributed by atoms with Crippen LogP contribution in [0.2, 0.25) is 0 Å². The molecule has 232 valence electrons. The summed E-state index contributed by atoms with van der Waals surface area (Å²) in [5.41, 5.74) is 2.42. The maximum atomic E-state index is 13.5. The number of phenolic OH excluding ortho intramolecular Hbond substituents is 1. The summed E-state index contributed by atoms with van der Waals surface area (Å²) in [5.74, 6) is -1.34. The van der Waals surface area contributed by atoms with E-state index in [0.29, 0.717) is 30.2 Å². The van der Waals surface area contributed by atoms with Gasteiger partial charge in [-0.1, -0.05) is 6.42 Å². The summed E-state index contributed by atoms with van der Waals surface area (Å²) in [4.78, 5) is 43.5. The van der Waals surface area contributed by atoms with Crippen molar-refractivity contribution in [3.05, 3.63) is 52.7 Å². The Morgan fingerprint density at radius 1 is 0.909 bits per heavy atom. The molecule has 7 rings (SSSR count). The first-order chi connectivity index (χ1) is 21.4. The summed E-state index contributed by atoms with van der Waals surface area (Å²) >= 11 is 0. The molecule has 2 N–H and O–H groups in total. The van der Waals surface area contributed by atoms with E-state index in [0.717, 1.165) is 37.1 Å². The van der Waals surface area contributed by atoms with Gasteiger partial charge in [0.25, 0.3) is 11.8 Å². The first-order valence-electron chi connectivity index (χ1n) is 15.0. The highest BCUT2D eigenvalue weighted by molar-refractivity contribution is 6.15. The van der Waals surface area contributed by atoms with Crippen molar-refractivity contribution in [3.63, 3.8) is 0 Å². The van der Waals surface area contributed by atoms with E-state index in [9.17, 15) is 19.5 Å². The number of carbonyl (C=O) groups excluding carboxylic acids is 3. The fourth-order valence-electron chi connectivity index (χ4n) is 7.26. The Kier molecular flexibility index (Phi) is 7.23. The fourth-order valence-corrected chi connectivity index (χ4v) is 7.26. The Morgan fingerprint density at radius 3 is 2.27 bits per heavy atom. The van der Waals surface area contributed by atoms with Gasteiger partial charge >= 0.3 is 5.97 Å². The van der Waals surface area contributed by atoms with Gasteiger partial charge in [-0.15, -0.1) is 0 Å². The van der Waals surface area contributed by atoms with Crippen molar-refractivity contribution in [3.8, 4) is 28.7 Å². The summed E-state index contributed by atoms with van der Waals surface area (Å²) in [6, 6.07) is 6.56. The number of fused-ring (bicyclic) bond motifs is 3. The number of likely N-dealkylation sites (tertiary alicyclic amines) is 1. The Morgan fingerprint density at radius 2 is 1.59 bits per heavy atom. The number of ether oxygens (including phenoxy) is 5. The van der Waals surface area contributed by atoms with Gasteiger partial charge in [-0.25, -0.2) is 0 Å². The van der Waals surface area contributed by atoms with Crippen LogP contribution in [0.4, 0.5) is 0 Å². The number of benzene rings is 2. The first kappa shape index (κ1) is 28.3. The first-order valence-corrected chi connectivity index (χ1v) is 15.0. The van der Waals surface area contributed by atoms with Gasteiger partial charge in [0.05, 0.1) is 32.8 Å². The Labute approximate surface area is 254 Å². The SMILES string of the molecule is COc1cc([C@@H]2c3cc4c(cc3[C@@H](NC3=CC(=O)N(CCN5CCCCC5)C3=O)[C@H]3COC(=O)[C@H]23)OCO4)cc(OC)c1O. The summed E-state index contributed by atoms with van der Waals surface area (Å²) in [6.45, 7) is 3.08. The Bertz CT molecular complexity index is 1520. The average molecular weight is 606 g/mol. The molecular formula is C32H35N3O9. The highest BCUT2D eigenvalue weighted by Gasteiger charge is 2.53. The molecule has 44 heavy (non-hydrogen) atoms. The predicted octanol–water partition coefficient (Wildman–Crippen LogP) is 2.44. The van der Waals surface area contributed by atoms with Gasteiger partial charge < -0.3 is 39.0 Å². The summed E-state index contributed by atoms with van der Waals surface area (Å²) in [5, 5.41) is 13.9. The van der Waals surface area contributed by atoms with E-state index >= 15 is 0 Å². The van der Waals surface area contributed by atoms with Gasteiger partial charge in [0.15, 0.2) is 23.0 Å². The molecular weight excluding hydrogens is 570 g/mol. The lowest BCUT2D eigenvalue weighted by atomic mass is 9.65. The third kappa shape index (κ3) is 4.68. The molecule has 4 aliphatic heterocycles. The molecule has 1 aliphatic carbocycles. The van der Waals surface area contributed by atoms with Crippen LogP contribution in [-0.2, 0) is 19.1 Å². The van der Waals surface area contributed by atoms with E-state index in [1.165, 1.54) is 31.6 Å². The van der Waals surface area contributed by atoms with Crippen LogP contribution in [0.1, 0.15) is 47.9 Å². The van der Waals surface area contributed by atoms with Crippen molar-refractivity contribution in [2.75, 3.05) is 53.8 Å². The van der Waals surface area contributed by atoms with Gasteiger partial charge in [0.1, 0.15) is 5.70 Å². The second-order valence-electron chi connectivity index (χ2n) is 11.8. The highest BCUT2D eigenvalue weighted by atomic mass is 16.7. The van der Waals surface area contributed by atoms with E-state index in [1.807, 2.05) is 12.1 Å². The van der Waals surface area contributed by atoms with Crippen LogP contribution in [-0.4, -0.2) is 86.5 Å². The van der Waals surface area contributed by atoms with Gasteiger partial charge in [0, 0.05) is 31.0 Å². The predicted molar refractivity (Wildman–Crippen MR) is 155 cm³/mol. The van der Waals surface area contributed by atoms with Crippen LogP contribution in [0.15, 0.2) is 36.0 Å². The van der Waals surface area contributed by atoms with E-state index in [-0.39, 0.29) is 54.1 Å². The molecule has 4 atom stereocenters. The highest BCUT2D eigenvalue weighted by Crippen LogP contribution is 2.55. The van der Waals surface area contributed by atoms with Crippen molar-refractivity contribution in [2.45, 2.75) is 31.2 Å². The standard InChI is InChI=1S/C32H35N3O9/c1-40-24-10-17(11-25(41-2)30(24)37)27-18-12-22-23(44-16-43-22)13-19(18)29(20-15-42-32(39)28(20)27)33-21-14-26(36)35(31(21)38)9-8-34-6-4-3-5-7-34/h10-14,20,27-29,33,37H,3-9,15-16H2,1-2H3/t20-,27+,28-,29+/m0/s1. The average Bonchev–Trinajstić information content (AvgIpc) is 3.73. The van der Waals surface area contributed by atoms with E-state index in [4.69, 9.17) is 23.7 Å². The number of esters is 1. The molecule has 2 aromatic rings. The molecule has 0 bridgehead atoms. The smallest absolute Gasteiger partial charge is 0.310 e. The number of hydrogen-bond donors (Lipinski definition) is 2. The zero-order valence-corrected chi connectivity index (χ0v) is 24.7. The van der Waals surface area contributed by atoms with Crippen molar-refractivity contribution < 1.29 is 43.2 Å². The largest absolute Gasteiger partial charge is 0.502 e. The number of hydrogen-bond acceptors (Lipinski definition) is 11. The Balaban J connectivity index is 1.25. The van der Waals surface area contributed by atoms with E-state index in [1.54, 1.807) is 12.1 Å². The molecule has 0 radical (unpaired) electrons. The third-order valence-corrected chi connectivity index (χ3v) is 9.46. The molecule has 0 unspecified atom stereocenters. The molecule has 12 heteroatoms. The number of methoxy groups -OCH3 is 2. The van der Waals surface area contributed by atoms with Crippen LogP contribution < -0.4 is 24.3 Å². The fraction of sp³-hybridized carbons (Fsp3) is 0.469. The Hall–Kier alpha value is -4.45. The topological polar surface area (TPSA) is 136 Å². The summed E-state index contributed by atoms with van der Waals surface area (Å²) in [7, 11) is 2.89. The molecule has 4 heterocycles. The van der Waals surface area contributed by atoms with Crippen LogP contribution in [0.5, 0.6) is 28.7 Å². The number of rotatable bonds is 8. The molecule has 12 nitrogen and oxygen atoms in total. The van der Waals surface area contributed by atoms with Crippen molar-refractivity contribution in [1.82, 2.24) is 15.1 Å². The quantitative estimate of drug-likeness (QED) is 0.339. The minimum absolute atomic E-state index is 0.0564. The van der Waals surface area contributed by atoms with Gasteiger partial charge in [0.2, 0.25) is 12.5 Å². The lowest BCUT2D eigenvalue weighted by Crippen LogP contribution is -2.44. The molecule has 0 spiro atoms. The van der Waals surface area contributed by atoms with Gasteiger partial charge in [-0.3, -0.25) is 19.3 Å². The van der Waals surface area contributed by atoms with Crippen molar-refractivity contribution in [1.29, 1.82) is 0 Å². The lowest BCUT2D eigenvalue weighted by molar-refractivity contribution is -0.141. The molecule has 5 aliphatic rings. The molecule has 0 saturated carbocycles. The molecule has 2 saturated heterocycles. The number of cyclic esters (lactones) is 1. The zero-order valence-electron chi connectivity index (χ0n) is 24.7. The normalized spacial score (nSPS) is 25.8. The van der Waals surface area contributed by atoms with Crippen LogP contribution in [0, 0.1) is 11.8 Å². The maximum Gasteiger partial charge on any atom is 0.310 e. The van der Waals surface area contributed by atoms with E-state index in [2.05, 4.69) is 10.2 Å². The molecule has 2 fully saturated rings. The minimum Gasteiger partial charge on any atom is -0.502 e. The minimum atomic E-state index is -0.651. The van der Waals surface area contributed by atoms with Gasteiger partial charge in [-0.2, -0.15) is 0 Å². The van der Waals surface area contributed by atoms with Crippen LogP contribution >= 0.6 is 0 Å². The van der Waals surface area contributed by atoms with E-state index < -0.39 is 23.8 Å². The third-order valence-electron chi connectivity index (χ3n) is 9.46. The number of phenols is 1. The second-order valence-corrected chi connectivity index (χ2v) is 11.8. The number of amides is 2. The van der Waals surface area contributed by atoms with Crippen molar-refractivity contribution >= 4 is 17.8 Å². The van der Waals surface area contributed by atoms with Crippen LogP contribution in [0.3, 0.4) is 0 Å². The molecule has 0 aromatic heterocycles.